The van der Waals surface area contributed by atoms with Gasteiger partial charge in [0.1, 0.15) is 11.6 Å². The van der Waals surface area contributed by atoms with E-state index in [-0.39, 0.29) is 5.91 Å². The highest BCUT2D eigenvalue weighted by molar-refractivity contribution is 7.99. The number of aromatic nitrogens is 2. The minimum absolute atomic E-state index is 0.227. The van der Waals surface area contributed by atoms with Crippen molar-refractivity contribution in [1.82, 2.24) is 14.9 Å². The zero-order chi connectivity index (χ0) is 23.9. The second-order valence-corrected chi connectivity index (χ2v) is 9.40. The van der Waals surface area contributed by atoms with Gasteiger partial charge in [-0.1, -0.05) is 48.2 Å². The quantitative estimate of drug-likeness (QED) is 0.509. The van der Waals surface area contributed by atoms with Crippen molar-refractivity contribution >= 4 is 29.2 Å². The van der Waals surface area contributed by atoms with Crippen LogP contribution in [-0.4, -0.2) is 60.0 Å². The molecule has 4 rings (SSSR count). The third-order valence-electron chi connectivity index (χ3n) is 5.46. The summed E-state index contributed by atoms with van der Waals surface area (Å²) in [5.41, 5.74) is 7.42. The Hall–Kier alpha value is -3.14. The maximum atomic E-state index is 11.9. The Kier molecular flexibility index (Phi) is 7.99. The van der Waals surface area contributed by atoms with Crippen LogP contribution >= 0.6 is 11.8 Å². The minimum atomic E-state index is -0.575. The fourth-order valence-corrected chi connectivity index (χ4v) is 4.28. The van der Waals surface area contributed by atoms with E-state index in [1.54, 1.807) is 13.1 Å². The summed E-state index contributed by atoms with van der Waals surface area (Å²) in [6.45, 7) is 5.76. The van der Waals surface area contributed by atoms with Gasteiger partial charge >= 0.3 is 0 Å². The Morgan fingerprint density at radius 2 is 1.91 bits per heavy atom. The average Bonchev–Trinajstić information content (AvgIpc) is 2.84. The number of hydrogen-bond acceptors (Lipinski definition) is 8. The largest absolute Gasteiger partial charge is 0.470 e. The molecule has 1 amide bonds. The molecule has 0 radical (unpaired) electrons. The Balaban J connectivity index is 1.54. The summed E-state index contributed by atoms with van der Waals surface area (Å²) < 4.78 is 6.17. The number of amides is 1. The number of nitrogens with one attached hydrogen (secondary N) is 1. The lowest BCUT2D eigenvalue weighted by Gasteiger charge is -2.33. The van der Waals surface area contributed by atoms with Gasteiger partial charge in [-0.2, -0.15) is 0 Å². The van der Waals surface area contributed by atoms with Gasteiger partial charge in [0.15, 0.2) is 5.82 Å². The van der Waals surface area contributed by atoms with Crippen molar-refractivity contribution < 1.29 is 9.53 Å². The van der Waals surface area contributed by atoms with Crippen LogP contribution in [-0.2, 0) is 11.4 Å². The van der Waals surface area contributed by atoms with E-state index < -0.39 is 6.04 Å². The van der Waals surface area contributed by atoms with E-state index in [0.29, 0.717) is 18.2 Å². The van der Waals surface area contributed by atoms with Crippen LogP contribution in [0.1, 0.15) is 12.5 Å². The first-order chi connectivity index (χ1) is 16.5. The van der Waals surface area contributed by atoms with Gasteiger partial charge in [0, 0.05) is 36.8 Å². The Morgan fingerprint density at radius 1 is 1.15 bits per heavy atom. The molecule has 0 bridgehead atoms. The molecule has 1 saturated heterocycles. The van der Waals surface area contributed by atoms with E-state index in [1.807, 2.05) is 54.6 Å². The molecule has 3 aromatic rings. The molecule has 2 heterocycles. The van der Waals surface area contributed by atoms with Crippen molar-refractivity contribution in [3.8, 4) is 5.88 Å². The van der Waals surface area contributed by atoms with Crippen LogP contribution in [0.2, 0.25) is 0 Å². The van der Waals surface area contributed by atoms with E-state index in [2.05, 4.69) is 22.2 Å². The number of benzene rings is 2. The Bertz CT molecular complexity index is 1100. The number of carbonyl (C=O) groups excluding carboxylic acids is 1. The predicted octanol–water partition coefficient (Wildman–Crippen LogP) is 3.24. The SMILES string of the molecule is CC(N)C(=O)Nc1cccc(Sc2cnc(N3CCN(C)CC3)c(OCc3ccccc3)n2)c1. The van der Waals surface area contributed by atoms with Crippen LogP contribution in [0.25, 0.3) is 0 Å². The number of rotatable bonds is 8. The molecule has 1 unspecified atom stereocenters. The van der Waals surface area contributed by atoms with Crippen molar-refractivity contribution in [2.45, 2.75) is 29.5 Å². The van der Waals surface area contributed by atoms with E-state index in [9.17, 15) is 4.79 Å². The van der Waals surface area contributed by atoms with Crippen LogP contribution in [0.15, 0.2) is 70.7 Å². The fraction of sp³-hybridized carbons (Fsp3) is 0.320. The molecule has 0 aliphatic carbocycles. The maximum absolute atomic E-state index is 11.9. The van der Waals surface area contributed by atoms with Gasteiger partial charge in [-0.25, -0.2) is 9.97 Å². The third kappa shape index (κ3) is 6.47. The highest BCUT2D eigenvalue weighted by atomic mass is 32.2. The molecule has 34 heavy (non-hydrogen) atoms. The van der Waals surface area contributed by atoms with Crippen molar-refractivity contribution in [3.63, 3.8) is 0 Å². The molecule has 1 aromatic heterocycles. The van der Waals surface area contributed by atoms with E-state index in [0.717, 1.165) is 47.5 Å². The van der Waals surface area contributed by atoms with Crippen LogP contribution in [0, 0.1) is 0 Å². The van der Waals surface area contributed by atoms with Crippen molar-refractivity contribution in [3.05, 3.63) is 66.4 Å². The monoisotopic (exact) mass is 478 g/mol. The number of hydrogen-bond donors (Lipinski definition) is 2. The summed E-state index contributed by atoms with van der Waals surface area (Å²) in [5, 5.41) is 3.54. The number of anilines is 2. The van der Waals surface area contributed by atoms with Gasteiger partial charge in [-0.3, -0.25) is 4.79 Å². The van der Waals surface area contributed by atoms with Gasteiger partial charge in [0.25, 0.3) is 5.88 Å². The minimum Gasteiger partial charge on any atom is -0.470 e. The maximum Gasteiger partial charge on any atom is 0.259 e. The summed E-state index contributed by atoms with van der Waals surface area (Å²) in [7, 11) is 2.13. The highest BCUT2D eigenvalue weighted by Gasteiger charge is 2.21. The van der Waals surface area contributed by atoms with Crippen molar-refractivity contribution in [2.75, 3.05) is 43.4 Å². The van der Waals surface area contributed by atoms with Crippen LogP contribution in [0.3, 0.4) is 0 Å². The summed E-state index contributed by atoms with van der Waals surface area (Å²) in [4.78, 5) is 26.9. The zero-order valence-electron chi connectivity index (χ0n) is 19.5. The molecular formula is C25H30N6O2S. The second-order valence-electron chi connectivity index (χ2n) is 8.31. The molecule has 9 heteroatoms. The van der Waals surface area contributed by atoms with Crippen LogP contribution in [0.4, 0.5) is 11.5 Å². The van der Waals surface area contributed by atoms with Crippen LogP contribution < -0.4 is 20.7 Å². The van der Waals surface area contributed by atoms with Gasteiger partial charge in [-0.05, 0) is 37.7 Å². The second kappa shape index (κ2) is 11.3. The molecule has 3 N–H and O–H groups in total. The number of nitrogens with zero attached hydrogens (tertiary/aromatic N) is 4. The molecule has 1 fully saturated rings. The molecule has 1 aliphatic rings. The molecular weight excluding hydrogens is 448 g/mol. The van der Waals surface area contributed by atoms with Gasteiger partial charge in [0.05, 0.1) is 12.2 Å². The Labute approximate surface area is 204 Å². The van der Waals surface area contributed by atoms with E-state index >= 15 is 0 Å². The van der Waals surface area contributed by atoms with Crippen molar-refractivity contribution in [2.24, 2.45) is 5.73 Å². The Morgan fingerprint density at radius 3 is 2.65 bits per heavy atom. The first kappa shape index (κ1) is 24.0. The molecule has 178 valence electrons. The van der Waals surface area contributed by atoms with E-state index in [1.165, 1.54) is 11.8 Å². The first-order valence-corrected chi connectivity index (χ1v) is 12.1. The summed E-state index contributed by atoms with van der Waals surface area (Å²) in [6, 6.07) is 17.0. The molecule has 1 atom stereocenters. The molecule has 1 aliphatic heterocycles. The summed E-state index contributed by atoms with van der Waals surface area (Å²) >= 11 is 1.47. The summed E-state index contributed by atoms with van der Waals surface area (Å²) in [6.07, 6.45) is 1.78. The lowest BCUT2D eigenvalue weighted by Crippen LogP contribution is -2.45. The molecule has 8 nitrogen and oxygen atoms in total. The highest BCUT2D eigenvalue weighted by Crippen LogP contribution is 2.32. The zero-order valence-corrected chi connectivity index (χ0v) is 20.3. The average molecular weight is 479 g/mol. The third-order valence-corrected chi connectivity index (χ3v) is 6.35. The number of likely N-dealkylation sites (N-methyl/N-ethyl adjacent to an activating group) is 1. The number of ether oxygens (including phenoxy) is 1. The van der Waals surface area contributed by atoms with Crippen LogP contribution in [0.5, 0.6) is 5.88 Å². The smallest absolute Gasteiger partial charge is 0.259 e. The summed E-state index contributed by atoms with van der Waals surface area (Å²) in [5.74, 6) is 1.07. The topological polar surface area (TPSA) is 96.6 Å². The predicted molar refractivity (Wildman–Crippen MR) is 135 cm³/mol. The van der Waals surface area contributed by atoms with Crippen molar-refractivity contribution in [1.29, 1.82) is 0 Å². The number of piperazine rings is 1. The van der Waals surface area contributed by atoms with Gasteiger partial charge < -0.3 is 25.6 Å². The fourth-order valence-electron chi connectivity index (χ4n) is 3.47. The lowest BCUT2D eigenvalue weighted by molar-refractivity contribution is -0.117. The lowest BCUT2D eigenvalue weighted by atomic mass is 10.2. The number of nitrogens with two attached hydrogens (primary N) is 1. The van der Waals surface area contributed by atoms with E-state index in [4.69, 9.17) is 20.4 Å². The molecule has 0 saturated carbocycles. The molecule has 0 spiro atoms. The van der Waals surface area contributed by atoms with Gasteiger partial charge in [0.2, 0.25) is 5.91 Å². The van der Waals surface area contributed by atoms with Gasteiger partial charge in [-0.15, -0.1) is 0 Å². The number of carbonyl (C=O) groups is 1. The first-order valence-electron chi connectivity index (χ1n) is 11.3. The normalized spacial score (nSPS) is 15.1. The standard InChI is InChI=1S/C25H30N6O2S/c1-18(26)24(32)28-20-9-6-10-21(15-20)34-22-16-27-23(31-13-11-30(2)12-14-31)25(29-22)33-17-19-7-4-3-5-8-19/h3-10,15-16,18H,11-14,17,26H2,1-2H3,(H,28,32). The molecule has 2 aromatic carbocycles.